The molecule has 2 heterocycles. The van der Waals surface area contributed by atoms with Crippen LogP contribution in [-0.2, 0) is 4.74 Å². The van der Waals surface area contributed by atoms with Gasteiger partial charge in [0.2, 0.25) is 0 Å². The Balaban J connectivity index is 1.67. The van der Waals surface area contributed by atoms with Gasteiger partial charge in [-0.15, -0.1) is 0 Å². The van der Waals surface area contributed by atoms with Gasteiger partial charge in [-0.3, -0.25) is 4.79 Å². The molecule has 0 aliphatic heterocycles. The number of rotatable bonds is 5. The van der Waals surface area contributed by atoms with Crippen molar-refractivity contribution >= 4 is 29.2 Å². The summed E-state index contributed by atoms with van der Waals surface area (Å²) in [6.07, 6.45) is 2.73. The summed E-state index contributed by atoms with van der Waals surface area (Å²) in [6, 6.07) is 8.10. The number of hydrogen-bond acceptors (Lipinski definition) is 8. The maximum absolute atomic E-state index is 12.3. The zero-order valence-corrected chi connectivity index (χ0v) is 14.0. The highest BCUT2D eigenvalue weighted by Gasteiger charge is 2.11. The van der Waals surface area contributed by atoms with E-state index >= 15 is 0 Å². The van der Waals surface area contributed by atoms with Crippen LogP contribution in [0, 0.1) is 6.92 Å². The molecule has 9 nitrogen and oxygen atoms in total. The molecule has 0 radical (unpaired) electrons. The highest BCUT2D eigenvalue weighted by atomic mass is 16.5. The number of amides is 1. The van der Waals surface area contributed by atoms with Crippen LogP contribution in [0.25, 0.3) is 0 Å². The molecule has 2 N–H and O–H groups in total. The van der Waals surface area contributed by atoms with E-state index in [0.29, 0.717) is 28.6 Å². The lowest BCUT2D eigenvalue weighted by molar-refractivity contribution is 0.0600. The second kappa shape index (κ2) is 7.43. The number of benzene rings is 1. The predicted molar refractivity (Wildman–Crippen MR) is 92.3 cm³/mol. The average Bonchev–Trinajstić information content (AvgIpc) is 3.06. The minimum atomic E-state index is -0.487. The first kappa shape index (κ1) is 17.1. The molecule has 0 aliphatic carbocycles. The Hall–Kier alpha value is -3.75. The minimum Gasteiger partial charge on any atom is -0.465 e. The number of carbonyl (C=O) groups excluding carboxylic acids is 2. The Morgan fingerprint density at radius 2 is 1.96 bits per heavy atom. The van der Waals surface area contributed by atoms with Crippen molar-refractivity contribution in [3.8, 4) is 0 Å². The fourth-order valence-corrected chi connectivity index (χ4v) is 2.10. The topological polar surface area (TPSA) is 119 Å². The maximum atomic E-state index is 12.3. The zero-order chi connectivity index (χ0) is 18.5. The van der Waals surface area contributed by atoms with E-state index in [1.165, 1.54) is 25.6 Å². The highest BCUT2D eigenvalue weighted by molar-refractivity contribution is 6.03. The summed E-state index contributed by atoms with van der Waals surface area (Å²) in [4.78, 5) is 32.0. The molecule has 0 unspecified atom stereocenters. The van der Waals surface area contributed by atoms with Crippen LogP contribution in [0.2, 0.25) is 0 Å². The lowest BCUT2D eigenvalue weighted by Gasteiger charge is -2.07. The van der Waals surface area contributed by atoms with Crippen molar-refractivity contribution in [2.24, 2.45) is 0 Å². The van der Waals surface area contributed by atoms with Gasteiger partial charge in [-0.25, -0.2) is 14.8 Å². The molecule has 0 bridgehead atoms. The van der Waals surface area contributed by atoms with Gasteiger partial charge in [0, 0.05) is 11.8 Å². The third kappa shape index (κ3) is 4.01. The number of hydrogen-bond donors (Lipinski definition) is 2. The molecule has 132 valence electrons. The second-order valence-corrected chi connectivity index (χ2v) is 5.26. The summed E-state index contributed by atoms with van der Waals surface area (Å²) in [5.41, 5.74) is 0.897. The Morgan fingerprint density at radius 1 is 1.12 bits per heavy atom. The predicted octanol–water partition coefficient (Wildman–Crippen LogP) is 2.56. The molecule has 0 spiro atoms. The van der Waals surface area contributed by atoms with Gasteiger partial charge in [-0.1, -0.05) is 11.2 Å². The van der Waals surface area contributed by atoms with Gasteiger partial charge in [-0.2, -0.15) is 0 Å². The van der Waals surface area contributed by atoms with Gasteiger partial charge >= 0.3 is 5.97 Å². The number of aromatic nitrogens is 3. The van der Waals surface area contributed by atoms with Crippen molar-refractivity contribution in [2.75, 3.05) is 17.7 Å². The van der Waals surface area contributed by atoms with E-state index in [-0.39, 0.29) is 5.69 Å². The smallest absolute Gasteiger partial charge is 0.337 e. The number of aryl methyl sites for hydroxylation is 1. The van der Waals surface area contributed by atoms with Crippen LogP contribution in [0.3, 0.4) is 0 Å². The van der Waals surface area contributed by atoms with E-state index in [0.717, 1.165) is 0 Å². The number of nitrogens with one attached hydrogen (secondary N) is 2. The molecule has 0 fully saturated rings. The zero-order valence-electron chi connectivity index (χ0n) is 14.0. The van der Waals surface area contributed by atoms with Gasteiger partial charge in [-0.05, 0) is 25.1 Å². The first-order chi connectivity index (χ1) is 12.5. The van der Waals surface area contributed by atoms with Crippen LogP contribution in [0.4, 0.5) is 17.3 Å². The van der Waals surface area contributed by atoms with Gasteiger partial charge in [0.1, 0.15) is 17.3 Å². The molecule has 3 rings (SSSR count). The van der Waals surface area contributed by atoms with Gasteiger partial charge < -0.3 is 19.9 Å². The summed E-state index contributed by atoms with van der Waals surface area (Å²) in [6.45, 7) is 1.77. The van der Waals surface area contributed by atoms with Crippen molar-refractivity contribution in [2.45, 2.75) is 6.92 Å². The third-order valence-electron chi connectivity index (χ3n) is 3.31. The van der Waals surface area contributed by atoms with E-state index in [9.17, 15) is 9.59 Å². The Labute approximate surface area is 148 Å². The van der Waals surface area contributed by atoms with Crippen molar-refractivity contribution in [3.05, 3.63) is 59.7 Å². The molecule has 1 amide bonds. The van der Waals surface area contributed by atoms with Gasteiger partial charge in [0.15, 0.2) is 5.82 Å². The van der Waals surface area contributed by atoms with Crippen LogP contribution in [0.1, 0.15) is 26.6 Å². The summed E-state index contributed by atoms with van der Waals surface area (Å²) in [5.74, 6) is 0.629. The third-order valence-corrected chi connectivity index (χ3v) is 3.31. The lowest BCUT2D eigenvalue weighted by atomic mass is 10.2. The van der Waals surface area contributed by atoms with Crippen molar-refractivity contribution in [1.82, 2.24) is 15.1 Å². The monoisotopic (exact) mass is 353 g/mol. The number of anilines is 3. The first-order valence-corrected chi connectivity index (χ1v) is 7.57. The van der Waals surface area contributed by atoms with E-state index in [1.807, 2.05) is 0 Å². The Kier molecular flexibility index (Phi) is 4.88. The molecule has 0 saturated carbocycles. The molecule has 0 atom stereocenters. The van der Waals surface area contributed by atoms with Crippen LogP contribution in [0.5, 0.6) is 0 Å². The SMILES string of the molecule is COC(=O)c1cccc(NC(=O)c2cnc(Nc3cc(C)on3)cn2)c1. The molecule has 2 aromatic heterocycles. The Bertz CT molecular complexity index is 936. The molecule has 0 aliphatic rings. The summed E-state index contributed by atoms with van der Waals surface area (Å²) in [7, 11) is 1.29. The van der Waals surface area contributed by atoms with Gasteiger partial charge in [0.25, 0.3) is 5.91 Å². The molecule has 1 aromatic carbocycles. The summed E-state index contributed by atoms with van der Waals surface area (Å²) < 4.78 is 9.59. The minimum absolute atomic E-state index is 0.121. The van der Waals surface area contributed by atoms with Crippen molar-refractivity contribution in [1.29, 1.82) is 0 Å². The van der Waals surface area contributed by atoms with E-state index in [1.54, 1.807) is 31.2 Å². The molecule has 9 heteroatoms. The molecule has 26 heavy (non-hydrogen) atoms. The number of esters is 1. The first-order valence-electron chi connectivity index (χ1n) is 7.57. The van der Waals surface area contributed by atoms with Crippen LogP contribution >= 0.6 is 0 Å². The summed E-state index contributed by atoms with van der Waals surface area (Å²) in [5, 5.41) is 9.34. The fourth-order valence-electron chi connectivity index (χ4n) is 2.10. The van der Waals surface area contributed by atoms with Gasteiger partial charge in [0.05, 0.1) is 25.1 Å². The average molecular weight is 353 g/mol. The van der Waals surface area contributed by atoms with E-state index < -0.39 is 11.9 Å². The highest BCUT2D eigenvalue weighted by Crippen LogP contribution is 2.15. The normalized spacial score (nSPS) is 10.2. The molecule has 0 saturated heterocycles. The molecular formula is C17H15N5O4. The summed E-state index contributed by atoms with van der Waals surface area (Å²) >= 11 is 0. The van der Waals surface area contributed by atoms with E-state index in [2.05, 4.69) is 30.5 Å². The quantitative estimate of drug-likeness (QED) is 0.672. The van der Waals surface area contributed by atoms with Crippen LogP contribution in [-0.4, -0.2) is 34.1 Å². The lowest BCUT2D eigenvalue weighted by Crippen LogP contribution is -2.14. The largest absolute Gasteiger partial charge is 0.465 e. The second-order valence-electron chi connectivity index (χ2n) is 5.26. The molecular weight excluding hydrogens is 338 g/mol. The standard InChI is InChI=1S/C17H15N5O4/c1-10-6-14(22-26-10)21-15-9-18-13(8-19-15)16(23)20-12-5-3-4-11(7-12)17(24)25-2/h3-9H,1-2H3,(H,20,23)(H,19,21,22). The molecule has 3 aromatic rings. The number of nitrogens with zero attached hydrogens (tertiary/aromatic N) is 3. The number of methoxy groups -OCH3 is 1. The fraction of sp³-hybridized carbons (Fsp3) is 0.118. The maximum Gasteiger partial charge on any atom is 0.337 e. The van der Waals surface area contributed by atoms with Crippen molar-refractivity contribution < 1.29 is 18.8 Å². The van der Waals surface area contributed by atoms with Crippen LogP contribution < -0.4 is 10.6 Å². The number of ether oxygens (including phenoxy) is 1. The van der Waals surface area contributed by atoms with E-state index in [4.69, 9.17) is 4.52 Å². The van der Waals surface area contributed by atoms with Crippen molar-refractivity contribution in [3.63, 3.8) is 0 Å². The Morgan fingerprint density at radius 3 is 2.62 bits per heavy atom. The number of carbonyl (C=O) groups is 2. The van der Waals surface area contributed by atoms with Crippen LogP contribution in [0.15, 0.2) is 47.2 Å².